The number of carbonyl (C=O) groups excluding carboxylic acids is 3. The van der Waals surface area contributed by atoms with Crippen molar-refractivity contribution in [1.29, 1.82) is 0 Å². The van der Waals surface area contributed by atoms with Gasteiger partial charge in [-0.05, 0) is 42.0 Å². The zero-order valence-corrected chi connectivity index (χ0v) is 19.0. The van der Waals surface area contributed by atoms with E-state index in [1.54, 1.807) is 24.3 Å². The number of imide groups is 1. The van der Waals surface area contributed by atoms with Crippen LogP contribution in [0.4, 0.5) is 4.79 Å². The fourth-order valence-corrected chi connectivity index (χ4v) is 4.10. The summed E-state index contributed by atoms with van der Waals surface area (Å²) in [6.45, 7) is 2.24. The van der Waals surface area contributed by atoms with Gasteiger partial charge in [-0.25, -0.2) is 0 Å². The first kappa shape index (κ1) is 23.3. The number of thioether (sulfide) groups is 1. The normalized spacial score (nSPS) is 15.2. The van der Waals surface area contributed by atoms with Crippen LogP contribution in [-0.4, -0.2) is 45.2 Å². The van der Waals surface area contributed by atoms with Crippen molar-refractivity contribution in [3.8, 4) is 0 Å². The second-order valence-corrected chi connectivity index (χ2v) is 8.54. The van der Waals surface area contributed by atoms with Crippen LogP contribution in [0.25, 0.3) is 6.08 Å². The van der Waals surface area contributed by atoms with Crippen LogP contribution in [-0.2, 0) is 22.4 Å². The molecule has 0 atom stereocenters. The van der Waals surface area contributed by atoms with Crippen LogP contribution in [0, 0.1) is 0 Å². The van der Waals surface area contributed by atoms with Crippen LogP contribution < -0.4 is 5.32 Å². The molecule has 8 nitrogen and oxygen atoms in total. The summed E-state index contributed by atoms with van der Waals surface area (Å²) in [5, 5.41) is 7.00. The molecular formula is C20H20Cl2N4O4S. The number of aromatic nitrogens is 2. The van der Waals surface area contributed by atoms with Crippen LogP contribution in [0.5, 0.6) is 0 Å². The number of nitrogens with zero attached hydrogens (tertiary/aromatic N) is 3. The van der Waals surface area contributed by atoms with Crippen molar-refractivity contribution in [1.82, 2.24) is 20.4 Å². The van der Waals surface area contributed by atoms with Crippen molar-refractivity contribution < 1.29 is 18.9 Å². The Bertz CT molecular complexity index is 1020. The zero-order valence-electron chi connectivity index (χ0n) is 16.7. The highest BCUT2D eigenvalue weighted by Crippen LogP contribution is 2.33. The summed E-state index contributed by atoms with van der Waals surface area (Å²) in [5.41, 5.74) is 0.591. The highest BCUT2D eigenvalue weighted by Gasteiger charge is 2.34. The maximum atomic E-state index is 12.5. The summed E-state index contributed by atoms with van der Waals surface area (Å²) in [4.78, 5) is 42.3. The molecule has 0 spiro atoms. The van der Waals surface area contributed by atoms with Crippen molar-refractivity contribution >= 4 is 58.1 Å². The van der Waals surface area contributed by atoms with E-state index in [9.17, 15) is 14.4 Å². The third kappa shape index (κ3) is 6.32. The van der Waals surface area contributed by atoms with Gasteiger partial charge in [0.25, 0.3) is 11.1 Å². The van der Waals surface area contributed by atoms with E-state index in [4.69, 9.17) is 27.7 Å². The first-order chi connectivity index (χ1) is 14.9. The second kappa shape index (κ2) is 10.8. The molecule has 0 radical (unpaired) electrons. The number of hydrogen-bond acceptors (Lipinski definition) is 7. The Morgan fingerprint density at radius 3 is 2.84 bits per heavy atom. The van der Waals surface area contributed by atoms with Gasteiger partial charge in [-0.15, -0.1) is 0 Å². The van der Waals surface area contributed by atoms with Crippen LogP contribution in [0.2, 0.25) is 10.0 Å². The van der Waals surface area contributed by atoms with Crippen molar-refractivity contribution in [2.24, 2.45) is 0 Å². The number of rotatable bonds is 9. The van der Waals surface area contributed by atoms with Crippen LogP contribution >= 0.6 is 35.0 Å². The fourth-order valence-electron chi connectivity index (χ4n) is 2.79. The molecule has 2 heterocycles. The Kier molecular flexibility index (Phi) is 8.11. The van der Waals surface area contributed by atoms with Crippen molar-refractivity contribution in [2.45, 2.75) is 32.6 Å². The number of nitrogens with one attached hydrogen (secondary N) is 1. The minimum atomic E-state index is -0.426. The number of amides is 3. The maximum absolute atomic E-state index is 12.5. The van der Waals surface area contributed by atoms with Gasteiger partial charge in [-0.3, -0.25) is 19.3 Å². The average molecular weight is 483 g/mol. The van der Waals surface area contributed by atoms with E-state index in [2.05, 4.69) is 15.5 Å². The summed E-state index contributed by atoms with van der Waals surface area (Å²) in [7, 11) is 0. The Labute approximate surface area is 193 Å². The lowest BCUT2D eigenvalue weighted by molar-refractivity contribution is -0.124. The third-order valence-electron chi connectivity index (χ3n) is 4.33. The Balaban J connectivity index is 1.47. The highest BCUT2D eigenvalue weighted by atomic mass is 35.5. The lowest BCUT2D eigenvalue weighted by atomic mass is 10.2. The minimum Gasteiger partial charge on any atom is -0.354 e. The standard InChI is InChI=1S/C20H20Cl2N4O4S/c1-2-3-16-24-18(30-25-16)7-6-17(27)23-8-9-26-19(28)15(31-20(26)29)10-12-4-5-13(21)11-14(12)22/h4-5,10-11H,2-3,6-9H2,1H3,(H,23,27)/b15-10-. The largest absolute Gasteiger partial charge is 0.354 e. The monoisotopic (exact) mass is 482 g/mol. The van der Waals surface area contributed by atoms with Gasteiger partial charge in [0.15, 0.2) is 5.82 Å². The molecule has 1 aromatic heterocycles. The first-order valence-corrected chi connectivity index (χ1v) is 11.2. The lowest BCUT2D eigenvalue weighted by Crippen LogP contribution is -2.37. The molecule has 0 bridgehead atoms. The summed E-state index contributed by atoms with van der Waals surface area (Å²) in [5.74, 6) is 0.385. The van der Waals surface area contributed by atoms with Crippen LogP contribution in [0.3, 0.4) is 0 Å². The van der Waals surface area contributed by atoms with Crippen molar-refractivity contribution in [2.75, 3.05) is 13.1 Å². The van der Waals surface area contributed by atoms with Gasteiger partial charge in [0.2, 0.25) is 11.8 Å². The molecule has 1 saturated heterocycles. The van der Waals surface area contributed by atoms with E-state index in [0.717, 1.165) is 29.5 Å². The molecule has 3 rings (SSSR count). The summed E-state index contributed by atoms with van der Waals surface area (Å²) < 4.78 is 5.09. The van der Waals surface area contributed by atoms with E-state index in [0.29, 0.717) is 33.7 Å². The molecule has 0 unspecified atom stereocenters. The summed E-state index contributed by atoms with van der Waals surface area (Å²) >= 11 is 12.8. The Morgan fingerprint density at radius 2 is 2.10 bits per heavy atom. The third-order valence-corrected chi connectivity index (χ3v) is 5.80. The molecule has 3 amide bonds. The molecule has 1 N–H and O–H groups in total. The van der Waals surface area contributed by atoms with E-state index in [1.807, 2.05) is 6.92 Å². The minimum absolute atomic E-state index is 0.0727. The Hall–Kier alpha value is -2.36. The smallest absolute Gasteiger partial charge is 0.293 e. The van der Waals surface area contributed by atoms with E-state index in [-0.39, 0.29) is 30.3 Å². The zero-order chi connectivity index (χ0) is 22.4. The van der Waals surface area contributed by atoms with Crippen LogP contribution in [0.15, 0.2) is 27.6 Å². The van der Waals surface area contributed by atoms with Gasteiger partial charge in [0.05, 0.1) is 4.91 Å². The number of benzene rings is 1. The SMILES string of the molecule is CCCc1noc(CCC(=O)NCCN2C(=O)S/C(=C\c3ccc(Cl)cc3Cl)C2=O)n1. The topological polar surface area (TPSA) is 105 Å². The molecule has 31 heavy (non-hydrogen) atoms. The van der Waals surface area contributed by atoms with Gasteiger partial charge in [0.1, 0.15) is 0 Å². The molecule has 11 heteroatoms. The molecule has 0 aliphatic carbocycles. The molecule has 0 saturated carbocycles. The molecular weight excluding hydrogens is 463 g/mol. The predicted molar refractivity (Wildman–Crippen MR) is 119 cm³/mol. The summed E-state index contributed by atoms with van der Waals surface area (Å²) in [6.07, 6.45) is 3.69. The fraction of sp³-hybridized carbons (Fsp3) is 0.350. The lowest BCUT2D eigenvalue weighted by Gasteiger charge is -2.12. The van der Waals surface area contributed by atoms with Gasteiger partial charge in [0, 0.05) is 42.4 Å². The first-order valence-electron chi connectivity index (χ1n) is 9.66. The predicted octanol–water partition coefficient (Wildman–Crippen LogP) is 4.11. The van der Waals surface area contributed by atoms with Gasteiger partial charge in [-0.1, -0.05) is 41.3 Å². The molecule has 2 aromatic rings. The summed E-state index contributed by atoms with van der Waals surface area (Å²) in [6, 6.07) is 4.89. The molecule has 164 valence electrons. The molecule has 1 aliphatic heterocycles. The van der Waals surface area contributed by atoms with E-state index < -0.39 is 11.1 Å². The van der Waals surface area contributed by atoms with Crippen LogP contribution in [0.1, 0.15) is 37.0 Å². The van der Waals surface area contributed by atoms with E-state index >= 15 is 0 Å². The van der Waals surface area contributed by atoms with Crippen molar-refractivity contribution in [3.63, 3.8) is 0 Å². The Morgan fingerprint density at radius 1 is 1.29 bits per heavy atom. The van der Waals surface area contributed by atoms with Gasteiger partial charge in [-0.2, -0.15) is 4.98 Å². The van der Waals surface area contributed by atoms with E-state index in [1.165, 1.54) is 0 Å². The second-order valence-electron chi connectivity index (χ2n) is 6.70. The number of aryl methyl sites for hydroxylation is 2. The van der Waals surface area contributed by atoms with Gasteiger partial charge < -0.3 is 9.84 Å². The molecule has 1 aromatic carbocycles. The van der Waals surface area contributed by atoms with Crippen molar-refractivity contribution in [3.05, 3.63) is 50.4 Å². The molecule has 1 fully saturated rings. The maximum Gasteiger partial charge on any atom is 0.293 e. The van der Waals surface area contributed by atoms with Gasteiger partial charge >= 0.3 is 0 Å². The highest BCUT2D eigenvalue weighted by molar-refractivity contribution is 8.18. The molecule has 1 aliphatic rings. The number of halogens is 2. The number of hydrogen-bond donors (Lipinski definition) is 1. The quantitative estimate of drug-likeness (QED) is 0.535. The average Bonchev–Trinajstić information content (AvgIpc) is 3.28. The number of carbonyl (C=O) groups is 3.